The summed E-state index contributed by atoms with van der Waals surface area (Å²) in [6.45, 7) is 0.624. The van der Waals surface area contributed by atoms with Crippen molar-refractivity contribution in [2.75, 3.05) is 13.7 Å². The Labute approximate surface area is 118 Å². The first-order valence-corrected chi connectivity index (χ1v) is 6.66. The molecule has 1 amide bonds. The summed E-state index contributed by atoms with van der Waals surface area (Å²) in [6, 6.07) is 9.69. The van der Waals surface area contributed by atoms with Crippen LogP contribution in [0.3, 0.4) is 0 Å². The molecule has 1 aromatic heterocycles. The molecule has 0 unspecified atom stereocenters. The Morgan fingerprint density at radius 2 is 2.25 bits per heavy atom. The first-order chi connectivity index (χ1) is 9.78. The van der Waals surface area contributed by atoms with Crippen LogP contribution >= 0.6 is 0 Å². The number of aromatic amines is 1. The molecule has 0 saturated carbocycles. The minimum Gasteiger partial charge on any atom is -0.497 e. The Kier molecular flexibility index (Phi) is 5.17. The number of nitrogens with zero attached hydrogens (tertiary/aromatic N) is 1. The standard InChI is InChI=1S/C15H19N3O2/c1-20-14-4-2-3-12(11-14)5-6-15(19)16-9-7-13-8-10-17-18-13/h2-4,8,10-11H,5-7,9H2,1H3,(H,16,19)(H,17,18). The number of H-pyrrole nitrogens is 1. The lowest BCUT2D eigenvalue weighted by Gasteiger charge is -2.06. The van der Waals surface area contributed by atoms with Crippen LogP contribution < -0.4 is 10.1 Å². The van der Waals surface area contributed by atoms with Crippen molar-refractivity contribution in [3.8, 4) is 5.75 Å². The first-order valence-electron chi connectivity index (χ1n) is 6.66. The van der Waals surface area contributed by atoms with Crippen LogP contribution in [0.4, 0.5) is 0 Å². The lowest BCUT2D eigenvalue weighted by atomic mass is 10.1. The van der Waals surface area contributed by atoms with Crippen LogP contribution in [-0.2, 0) is 17.6 Å². The maximum absolute atomic E-state index is 11.7. The molecule has 0 aliphatic carbocycles. The van der Waals surface area contributed by atoms with E-state index in [0.717, 1.165) is 23.4 Å². The molecule has 0 atom stereocenters. The van der Waals surface area contributed by atoms with Crippen LogP contribution in [0.2, 0.25) is 0 Å². The van der Waals surface area contributed by atoms with Gasteiger partial charge in [0.05, 0.1) is 7.11 Å². The molecular weight excluding hydrogens is 254 g/mol. The van der Waals surface area contributed by atoms with Gasteiger partial charge in [-0.05, 0) is 30.2 Å². The zero-order valence-corrected chi connectivity index (χ0v) is 11.6. The quantitative estimate of drug-likeness (QED) is 0.807. The van der Waals surface area contributed by atoms with Crippen LogP contribution in [0, 0.1) is 0 Å². The van der Waals surface area contributed by atoms with E-state index in [2.05, 4.69) is 15.5 Å². The van der Waals surface area contributed by atoms with Gasteiger partial charge in [-0.25, -0.2) is 0 Å². The second-order valence-corrected chi connectivity index (χ2v) is 4.53. The molecule has 106 valence electrons. The van der Waals surface area contributed by atoms with Gasteiger partial charge >= 0.3 is 0 Å². The molecule has 0 aliphatic rings. The predicted octanol–water partition coefficient (Wildman–Crippen LogP) is 1.71. The zero-order chi connectivity index (χ0) is 14.2. The minimum absolute atomic E-state index is 0.0623. The van der Waals surface area contributed by atoms with E-state index < -0.39 is 0 Å². The third kappa shape index (κ3) is 4.42. The van der Waals surface area contributed by atoms with E-state index in [4.69, 9.17) is 4.74 Å². The zero-order valence-electron chi connectivity index (χ0n) is 11.6. The number of benzene rings is 1. The number of hydrogen-bond acceptors (Lipinski definition) is 3. The summed E-state index contributed by atoms with van der Waals surface area (Å²) in [6.07, 6.45) is 3.67. The molecule has 0 bridgehead atoms. The third-order valence-corrected chi connectivity index (χ3v) is 3.05. The van der Waals surface area contributed by atoms with Crippen LogP contribution in [0.5, 0.6) is 5.75 Å². The van der Waals surface area contributed by atoms with Crippen molar-refractivity contribution in [2.45, 2.75) is 19.3 Å². The lowest BCUT2D eigenvalue weighted by Crippen LogP contribution is -2.25. The molecule has 0 fully saturated rings. The van der Waals surface area contributed by atoms with Gasteiger partial charge in [0.15, 0.2) is 0 Å². The maximum atomic E-state index is 11.7. The Morgan fingerprint density at radius 1 is 1.35 bits per heavy atom. The van der Waals surface area contributed by atoms with Gasteiger partial charge in [-0.1, -0.05) is 12.1 Å². The van der Waals surface area contributed by atoms with Crippen molar-refractivity contribution < 1.29 is 9.53 Å². The largest absolute Gasteiger partial charge is 0.497 e. The second kappa shape index (κ2) is 7.33. The maximum Gasteiger partial charge on any atom is 0.220 e. The number of aromatic nitrogens is 2. The Morgan fingerprint density at radius 3 is 3.00 bits per heavy atom. The number of rotatable bonds is 7. The average molecular weight is 273 g/mol. The van der Waals surface area contributed by atoms with Gasteiger partial charge < -0.3 is 10.1 Å². The van der Waals surface area contributed by atoms with Crippen molar-refractivity contribution in [3.63, 3.8) is 0 Å². The number of carbonyl (C=O) groups is 1. The molecule has 5 nitrogen and oxygen atoms in total. The smallest absolute Gasteiger partial charge is 0.220 e. The molecule has 5 heteroatoms. The van der Waals surface area contributed by atoms with E-state index in [1.165, 1.54) is 0 Å². The van der Waals surface area contributed by atoms with E-state index >= 15 is 0 Å². The fourth-order valence-electron chi connectivity index (χ4n) is 1.93. The van der Waals surface area contributed by atoms with Crippen molar-refractivity contribution in [3.05, 3.63) is 47.8 Å². The summed E-state index contributed by atoms with van der Waals surface area (Å²) in [5.74, 6) is 0.884. The van der Waals surface area contributed by atoms with E-state index in [1.54, 1.807) is 13.3 Å². The van der Waals surface area contributed by atoms with Crippen molar-refractivity contribution >= 4 is 5.91 Å². The van der Waals surface area contributed by atoms with Crippen LogP contribution in [0.1, 0.15) is 17.7 Å². The normalized spacial score (nSPS) is 10.2. The molecule has 2 aromatic rings. The van der Waals surface area contributed by atoms with Gasteiger partial charge in [0.1, 0.15) is 5.75 Å². The molecule has 0 aliphatic heterocycles. The highest BCUT2D eigenvalue weighted by atomic mass is 16.5. The lowest BCUT2D eigenvalue weighted by molar-refractivity contribution is -0.121. The molecule has 2 rings (SSSR count). The first kappa shape index (κ1) is 14.1. The highest BCUT2D eigenvalue weighted by Crippen LogP contribution is 2.13. The Bertz CT molecular complexity index is 538. The second-order valence-electron chi connectivity index (χ2n) is 4.53. The number of hydrogen-bond donors (Lipinski definition) is 2. The number of amides is 1. The molecule has 1 aromatic carbocycles. The van der Waals surface area contributed by atoms with Crippen molar-refractivity contribution in [1.29, 1.82) is 0 Å². The van der Waals surface area contributed by atoms with Crippen LogP contribution in [0.25, 0.3) is 0 Å². The number of nitrogens with one attached hydrogen (secondary N) is 2. The fraction of sp³-hybridized carbons (Fsp3) is 0.333. The van der Waals surface area contributed by atoms with Gasteiger partial charge in [0.25, 0.3) is 0 Å². The average Bonchev–Trinajstić information content (AvgIpc) is 2.98. The fourth-order valence-corrected chi connectivity index (χ4v) is 1.93. The molecule has 0 spiro atoms. The summed E-state index contributed by atoms with van der Waals surface area (Å²) in [5.41, 5.74) is 2.13. The SMILES string of the molecule is COc1cccc(CCC(=O)NCCc2ccn[nH]2)c1. The van der Waals surface area contributed by atoms with Crippen LogP contribution in [-0.4, -0.2) is 29.8 Å². The topological polar surface area (TPSA) is 67.0 Å². The highest BCUT2D eigenvalue weighted by molar-refractivity contribution is 5.76. The van der Waals surface area contributed by atoms with Gasteiger partial charge in [0, 0.05) is 31.3 Å². The molecular formula is C15H19N3O2. The summed E-state index contributed by atoms with van der Waals surface area (Å²) in [4.78, 5) is 11.7. The van der Waals surface area contributed by atoms with Gasteiger partial charge in [-0.15, -0.1) is 0 Å². The van der Waals surface area contributed by atoms with Gasteiger partial charge in [0.2, 0.25) is 5.91 Å². The minimum atomic E-state index is 0.0623. The van der Waals surface area contributed by atoms with E-state index in [9.17, 15) is 4.79 Å². The van der Waals surface area contributed by atoms with E-state index in [0.29, 0.717) is 19.4 Å². The Hall–Kier alpha value is -2.30. The van der Waals surface area contributed by atoms with Crippen molar-refractivity contribution in [2.24, 2.45) is 0 Å². The molecule has 2 N–H and O–H groups in total. The highest BCUT2D eigenvalue weighted by Gasteiger charge is 2.03. The third-order valence-electron chi connectivity index (χ3n) is 3.05. The van der Waals surface area contributed by atoms with E-state index in [-0.39, 0.29) is 5.91 Å². The van der Waals surface area contributed by atoms with Crippen molar-refractivity contribution in [1.82, 2.24) is 15.5 Å². The monoisotopic (exact) mass is 273 g/mol. The number of methoxy groups -OCH3 is 1. The Balaban J connectivity index is 1.69. The molecule has 0 saturated heterocycles. The predicted molar refractivity (Wildman–Crippen MR) is 76.6 cm³/mol. The summed E-state index contributed by atoms with van der Waals surface area (Å²) in [7, 11) is 1.64. The van der Waals surface area contributed by atoms with E-state index in [1.807, 2.05) is 30.3 Å². The summed E-state index contributed by atoms with van der Waals surface area (Å²) in [5, 5.41) is 9.63. The summed E-state index contributed by atoms with van der Waals surface area (Å²) < 4.78 is 5.16. The van der Waals surface area contributed by atoms with Gasteiger partial charge in [-0.2, -0.15) is 5.10 Å². The van der Waals surface area contributed by atoms with Crippen LogP contribution in [0.15, 0.2) is 36.5 Å². The van der Waals surface area contributed by atoms with Gasteiger partial charge in [-0.3, -0.25) is 9.89 Å². The summed E-state index contributed by atoms with van der Waals surface area (Å²) >= 11 is 0. The number of aryl methyl sites for hydroxylation is 1. The number of carbonyl (C=O) groups excluding carboxylic acids is 1. The molecule has 20 heavy (non-hydrogen) atoms. The number of ether oxygens (including phenoxy) is 1. The molecule has 1 heterocycles. The molecule has 0 radical (unpaired) electrons.